The van der Waals surface area contributed by atoms with Gasteiger partial charge in [-0.15, -0.1) is 24.8 Å². The van der Waals surface area contributed by atoms with Crippen LogP contribution in [-0.4, -0.2) is 23.3 Å². The van der Waals surface area contributed by atoms with E-state index >= 15 is 0 Å². The van der Waals surface area contributed by atoms with Crippen LogP contribution in [0.2, 0.25) is 0 Å². The molecular weight excluding hydrogens is 221 g/mol. The number of fused-ring (bicyclic) bond motifs is 1. The lowest BCUT2D eigenvalue weighted by Gasteiger charge is -2.26. The second-order valence-electron chi connectivity index (χ2n) is 3.77. The fourth-order valence-corrected chi connectivity index (χ4v) is 2.16. The van der Waals surface area contributed by atoms with Crippen molar-refractivity contribution in [3.05, 3.63) is 17.0 Å². The Morgan fingerprint density at radius 3 is 2.57 bits per heavy atom. The predicted molar refractivity (Wildman–Crippen MR) is 60.7 cm³/mol. The molecule has 3 nitrogen and oxygen atoms in total. The average Bonchev–Trinajstić information content (AvgIpc) is 2.48. The second-order valence-corrected chi connectivity index (χ2v) is 3.77. The van der Waals surface area contributed by atoms with E-state index in [4.69, 9.17) is 0 Å². The molecule has 0 atom stereocenters. The molecule has 1 aliphatic heterocycles. The third-order valence-electron chi connectivity index (χ3n) is 3.01. The molecule has 1 aromatic rings. The minimum Gasteiger partial charge on any atom is -0.315 e. The van der Waals surface area contributed by atoms with E-state index in [1.807, 2.05) is 0 Å². The maximum absolute atomic E-state index is 4.39. The number of hydrogen-bond donors (Lipinski definition) is 2. The zero-order valence-electron chi connectivity index (χ0n) is 7.88. The Morgan fingerprint density at radius 2 is 1.93 bits per heavy atom. The van der Waals surface area contributed by atoms with Gasteiger partial charge in [0, 0.05) is 24.7 Å². The highest BCUT2D eigenvalue weighted by Gasteiger charge is 2.27. The van der Waals surface area contributed by atoms with Crippen molar-refractivity contribution in [2.75, 3.05) is 13.1 Å². The number of hydrogen-bond acceptors (Lipinski definition) is 2. The number of H-pyrrole nitrogens is 1. The summed E-state index contributed by atoms with van der Waals surface area (Å²) in [6.45, 7) is 2.24. The zero-order chi connectivity index (χ0) is 7.97. The number of rotatable bonds is 1. The van der Waals surface area contributed by atoms with Crippen LogP contribution >= 0.6 is 24.8 Å². The van der Waals surface area contributed by atoms with Crippen molar-refractivity contribution in [2.24, 2.45) is 0 Å². The van der Waals surface area contributed by atoms with Crippen molar-refractivity contribution in [1.29, 1.82) is 0 Å². The summed E-state index contributed by atoms with van der Waals surface area (Å²) in [5.74, 6) is 0.697. The Hall–Kier alpha value is -0.250. The summed E-state index contributed by atoms with van der Waals surface area (Å²) in [6.07, 6.45) is 3.77. The molecule has 1 aliphatic carbocycles. The molecule has 0 amide bonds. The van der Waals surface area contributed by atoms with Crippen molar-refractivity contribution in [2.45, 2.75) is 25.2 Å². The highest BCUT2D eigenvalue weighted by Crippen LogP contribution is 2.29. The van der Waals surface area contributed by atoms with Crippen molar-refractivity contribution >= 4 is 24.8 Å². The zero-order valence-corrected chi connectivity index (χ0v) is 9.51. The largest absolute Gasteiger partial charge is 0.315 e. The SMILES string of the molecule is C1Cc2[nH]nc(C3CNC3)c2C1.Cl.Cl. The molecule has 0 saturated carbocycles. The Bertz CT molecular complexity index is 307. The van der Waals surface area contributed by atoms with E-state index in [9.17, 15) is 0 Å². The van der Waals surface area contributed by atoms with E-state index in [0.29, 0.717) is 5.92 Å². The molecular formula is C9H15Cl2N3. The highest BCUT2D eigenvalue weighted by atomic mass is 35.5. The van der Waals surface area contributed by atoms with Crippen molar-refractivity contribution in [3.63, 3.8) is 0 Å². The maximum atomic E-state index is 4.39. The summed E-state index contributed by atoms with van der Waals surface area (Å²) >= 11 is 0. The molecule has 80 valence electrons. The summed E-state index contributed by atoms with van der Waals surface area (Å²) < 4.78 is 0. The molecule has 2 aliphatic rings. The summed E-state index contributed by atoms with van der Waals surface area (Å²) in [5, 5.41) is 10.8. The lowest BCUT2D eigenvalue weighted by molar-refractivity contribution is 0.436. The molecule has 14 heavy (non-hydrogen) atoms. The van der Waals surface area contributed by atoms with Crippen LogP contribution in [-0.2, 0) is 12.8 Å². The van der Waals surface area contributed by atoms with Crippen LogP contribution in [0.15, 0.2) is 0 Å². The molecule has 3 rings (SSSR count). The van der Waals surface area contributed by atoms with Crippen LogP contribution in [0.3, 0.4) is 0 Å². The van der Waals surface area contributed by atoms with Crippen LogP contribution in [0.5, 0.6) is 0 Å². The first kappa shape index (κ1) is 11.8. The predicted octanol–water partition coefficient (Wildman–Crippen LogP) is 1.43. The summed E-state index contributed by atoms with van der Waals surface area (Å²) in [7, 11) is 0. The number of nitrogens with one attached hydrogen (secondary N) is 2. The molecule has 2 heterocycles. The van der Waals surface area contributed by atoms with Crippen molar-refractivity contribution in [1.82, 2.24) is 15.5 Å². The Kier molecular flexibility index (Phi) is 3.81. The molecule has 0 bridgehead atoms. The van der Waals surface area contributed by atoms with Crippen LogP contribution in [0.25, 0.3) is 0 Å². The molecule has 2 N–H and O–H groups in total. The van der Waals surface area contributed by atoms with Gasteiger partial charge in [0.25, 0.3) is 0 Å². The average molecular weight is 236 g/mol. The van der Waals surface area contributed by atoms with Gasteiger partial charge in [-0.3, -0.25) is 5.10 Å². The Labute approximate surface area is 95.9 Å². The van der Waals surface area contributed by atoms with E-state index in [0.717, 1.165) is 13.1 Å². The number of aryl methyl sites for hydroxylation is 1. The first-order valence-electron chi connectivity index (χ1n) is 4.72. The van der Waals surface area contributed by atoms with Gasteiger partial charge in [-0.1, -0.05) is 0 Å². The number of aromatic amines is 1. The topological polar surface area (TPSA) is 40.7 Å². The number of aromatic nitrogens is 2. The van der Waals surface area contributed by atoms with E-state index in [-0.39, 0.29) is 24.8 Å². The fraction of sp³-hybridized carbons (Fsp3) is 0.667. The molecule has 0 unspecified atom stereocenters. The lowest BCUT2D eigenvalue weighted by atomic mass is 9.95. The van der Waals surface area contributed by atoms with Gasteiger partial charge in [-0.05, 0) is 24.8 Å². The lowest BCUT2D eigenvalue weighted by Crippen LogP contribution is -2.40. The molecule has 1 aromatic heterocycles. The van der Waals surface area contributed by atoms with E-state index in [2.05, 4.69) is 15.5 Å². The van der Waals surface area contributed by atoms with Gasteiger partial charge in [0.05, 0.1) is 5.69 Å². The van der Waals surface area contributed by atoms with Gasteiger partial charge in [0.15, 0.2) is 0 Å². The standard InChI is InChI=1S/C9H13N3.2ClH/c1-2-7-8(3-1)11-12-9(7)6-4-10-5-6;;/h6,10H,1-5H2,(H,11,12);2*1H. The minimum absolute atomic E-state index is 0. The summed E-state index contributed by atoms with van der Waals surface area (Å²) in [5.41, 5.74) is 4.28. The molecule has 5 heteroatoms. The second kappa shape index (κ2) is 4.51. The molecule has 0 spiro atoms. The fourth-order valence-electron chi connectivity index (χ4n) is 2.16. The van der Waals surface area contributed by atoms with Gasteiger partial charge in [-0.25, -0.2) is 0 Å². The third-order valence-corrected chi connectivity index (χ3v) is 3.01. The van der Waals surface area contributed by atoms with Gasteiger partial charge in [0.1, 0.15) is 0 Å². The van der Waals surface area contributed by atoms with Gasteiger partial charge in [-0.2, -0.15) is 5.10 Å². The van der Waals surface area contributed by atoms with Crippen LogP contribution in [0.1, 0.15) is 29.3 Å². The molecule has 0 aromatic carbocycles. The van der Waals surface area contributed by atoms with E-state index in [1.54, 1.807) is 0 Å². The normalized spacial score (nSPS) is 19.1. The number of halogens is 2. The van der Waals surface area contributed by atoms with E-state index < -0.39 is 0 Å². The third kappa shape index (κ3) is 1.64. The summed E-state index contributed by atoms with van der Waals surface area (Å²) in [4.78, 5) is 0. The van der Waals surface area contributed by atoms with E-state index in [1.165, 1.54) is 36.2 Å². The van der Waals surface area contributed by atoms with Gasteiger partial charge >= 0.3 is 0 Å². The smallest absolute Gasteiger partial charge is 0.0713 e. The summed E-state index contributed by atoms with van der Waals surface area (Å²) in [6, 6.07) is 0. The minimum atomic E-state index is 0. The first-order chi connectivity index (χ1) is 5.95. The van der Waals surface area contributed by atoms with Crippen LogP contribution in [0, 0.1) is 0 Å². The Morgan fingerprint density at radius 1 is 1.14 bits per heavy atom. The van der Waals surface area contributed by atoms with Crippen molar-refractivity contribution in [3.8, 4) is 0 Å². The number of nitrogens with zero attached hydrogens (tertiary/aromatic N) is 1. The molecule has 1 saturated heterocycles. The monoisotopic (exact) mass is 235 g/mol. The van der Waals surface area contributed by atoms with Gasteiger partial charge in [0.2, 0.25) is 0 Å². The quantitative estimate of drug-likeness (QED) is 0.774. The van der Waals surface area contributed by atoms with Crippen LogP contribution in [0.4, 0.5) is 0 Å². The highest BCUT2D eigenvalue weighted by molar-refractivity contribution is 5.85. The van der Waals surface area contributed by atoms with Crippen molar-refractivity contribution < 1.29 is 0 Å². The van der Waals surface area contributed by atoms with Crippen LogP contribution < -0.4 is 5.32 Å². The first-order valence-corrected chi connectivity index (χ1v) is 4.72. The molecule has 1 fully saturated rings. The molecule has 0 radical (unpaired) electrons. The maximum Gasteiger partial charge on any atom is 0.0713 e. The van der Waals surface area contributed by atoms with Gasteiger partial charge < -0.3 is 5.32 Å². The Balaban J connectivity index is 0.000000490.